The van der Waals surface area contributed by atoms with Gasteiger partial charge in [0.1, 0.15) is 12.4 Å². The Morgan fingerprint density at radius 2 is 1.51 bits per heavy atom. The largest absolute Gasteiger partial charge is 0.490 e. The highest BCUT2D eigenvalue weighted by molar-refractivity contribution is 7.40. The minimum atomic E-state index is -2.00. The van der Waals surface area contributed by atoms with Crippen molar-refractivity contribution in [1.82, 2.24) is 0 Å². The van der Waals surface area contributed by atoms with Gasteiger partial charge in [0.15, 0.2) is 6.10 Å². The maximum atomic E-state index is 10.8. The van der Waals surface area contributed by atoms with Gasteiger partial charge in [-0.05, 0) is 30.5 Å². The number of quaternary nitrogens is 1. The molecule has 2 atom stereocenters. The van der Waals surface area contributed by atoms with Crippen LogP contribution in [0.5, 0.6) is 5.75 Å². The first-order valence-corrected chi connectivity index (χ1v) is 14.5. The fourth-order valence-corrected chi connectivity index (χ4v) is 4.37. The molecule has 0 heterocycles. The topological polar surface area (TPSA) is 78.7 Å². The second-order valence-corrected chi connectivity index (χ2v) is 10.4. The number of rotatable bonds is 24. The number of carbonyl (C=O) groups is 1. The molecule has 1 rings (SSSR count). The van der Waals surface area contributed by atoms with E-state index in [2.05, 4.69) is 33.2 Å². The van der Waals surface area contributed by atoms with E-state index in [0.717, 1.165) is 19.4 Å². The van der Waals surface area contributed by atoms with Crippen LogP contribution in [0.2, 0.25) is 0 Å². The molecule has 1 aromatic carbocycles. The number of benzene rings is 1. The Morgan fingerprint density at radius 1 is 0.886 bits per heavy atom. The van der Waals surface area contributed by atoms with Crippen molar-refractivity contribution in [2.45, 2.75) is 90.1 Å². The van der Waals surface area contributed by atoms with E-state index in [9.17, 15) is 9.69 Å². The molecule has 0 aliphatic heterocycles. The van der Waals surface area contributed by atoms with Crippen molar-refractivity contribution in [3.63, 3.8) is 0 Å². The van der Waals surface area contributed by atoms with Gasteiger partial charge in [-0.15, -0.1) is 0 Å². The summed E-state index contributed by atoms with van der Waals surface area (Å²) in [5.74, 6) is 0.713. The smallest absolute Gasteiger partial charge is 0.329 e. The number of ether oxygens (including phenoxy) is 2. The quantitative estimate of drug-likeness (QED) is 0.117. The normalized spacial score (nSPS) is 13.1. The Balaban J connectivity index is 2.18. The van der Waals surface area contributed by atoms with Crippen LogP contribution in [0, 0.1) is 0 Å². The zero-order valence-corrected chi connectivity index (χ0v) is 23.1. The molecule has 2 unspecified atom stereocenters. The molecule has 35 heavy (non-hydrogen) atoms. The second kappa shape index (κ2) is 22.0. The van der Waals surface area contributed by atoms with Crippen molar-refractivity contribution in [3.05, 3.63) is 29.8 Å². The highest BCUT2D eigenvalue weighted by Crippen LogP contribution is 2.33. The maximum Gasteiger partial charge on any atom is 0.329 e. The molecular formula is C27H49NO6P+. The van der Waals surface area contributed by atoms with Crippen molar-refractivity contribution in [3.8, 4) is 5.75 Å². The van der Waals surface area contributed by atoms with Crippen LogP contribution >= 0.6 is 8.60 Å². The van der Waals surface area contributed by atoms with E-state index in [1.54, 1.807) is 0 Å². The number of carbonyl (C=O) groups excluding carboxylic acids is 1. The highest BCUT2D eigenvalue weighted by atomic mass is 31.2. The summed E-state index contributed by atoms with van der Waals surface area (Å²) in [4.78, 5) is 22.0. The molecule has 0 aliphatic carbocycles. The minimum Gasteiger partial charge on any atom is -0.490 e. The van der Waals surface area contributed by atoms with E-state index >= 15 is 0 Å². The van der Waals surface area contributed by atoms with E-state index in [1.807, 2.05) is 12.1 Å². The van der Waals surface area contributed by atoms with Crippen LogP contribution in [0.15, 0.2) is 24.3 Å². The standard InChI is InChI=1S/C27H48NO6P/c1-4-5-6-7-8-9-10-11-12-13-15-25-16-18-26(19-17-25)31-22-27(32-24-29)23-34-35(30)33-21-14-20-28(2)3/h16-19,24,27,30H,4-15,20-23H2,1-3H3/p+1. The van der Waals surface area contributed by atoms with Crippen LogP contribution < -0.4 is 9.64 Å². The van der Waals surface area contributed by atoms with Crippen LogP contribution in [0.25, 0.3) is 0 Å². The van der Waals surface area contributed by atoms with Gasteiger partial charge in [-0.1, -0.05) is 76.8 Å². The van der Waals surface area contributed by atoms with Gasteiger partial charge >= 0.3 is 8.60 Å². The molecule has 0 saturated carbocycles. The molecule has 0 saturated heterocycles. The van der Waals surface area contributed by atoms with Crippen LogP contribution in [-0.4, -0.2) is 57.9 Å². The van der Waals surface area contributed by atoms with Crippen LogP contribution in [0.1, 0.15) is 83.1 Å². The van der Waals surface area contributed by atoms with E-state index in [0.29, 0.717) is 18.8 Å². The SMILES string of the molecule is CCCCCCCCCCCCc1ccc(OCC(COP(O)OCCC[NH+](C)C)OC=O)cc1. The molecule has 0 aliphatic rings. The summed E-state index contributed by atoms with van der Waals surface area (Å²) in [5, 5.41) is 0. The monoisotopic (exact) mass is 514 g/mol. The van der Waals surface area contributed by atoms with E-state index in [4.69, 9.17) is 18.5 Å². The Labute approximate surface area is 214 Å². The lowest BCUT2D eigenvalue weighted by molar-refractivity contribution is -0.858. The summed E-state index contributed by atoms with van der Waals surface area (Å²) in [6.07, 6.45) is 14.7. The van der Waals surface area contributed by atoms with E-state index in [-0.39, 0.29) is 13.2 Å². The lowest BCUT2D eigenvalue weighted by atomic mass is 10.0. The van der Waals surface area contributed by atoms with Crippen molar-refractivity contribution < 1.29 is 33.1 Å². The molecule has 8 heteroatoms. The van der Waals surface area contributed by atoms with Gasteiger partial charge in [-0.3, -0.25) is 4.79 Å². The fraction of sp³-hybridized carbons (Fsp3) is 0.741. The number of hydrogen-bond acceptors (Lipinski definition) is 6. The number of hydrogen-bond donors (Lipinski definition) is 2. The summed E-state index contributed by atoms with van der Waals surface area (Å²) in [6.45, 7) is 4.16. The van der Waals surface area contributed by atoms with Crippen molar-refractivity contribution in [2.75, 3.05) is 40.5 Å². The Morgan fingerprint density at radius 3 is 2.11 bits per heavy atom. The third-order valence-corrected chi connectivity index (χ3v) is 6.59. The lowest BCUT2D eigenvalue weighted by Gasteiger charge is -2.18. The molecule has 1 aromatic rings. The van der Waals surface area contributed by atoms with Gasteiger partial charge in [0.05, 0.1) is 33.9 Å². The second-order valence-electron chi connectivity index (χ2n) is 9.42. The molecule has 0 bridgehead atoms. The molecule has 0 radical (unpaired) electrons. The average molecular weight is 515 g/mol. The molecule has 0 spiro atoms. The Kier molecular flexibility index (Phi) is 20.0. The van der Waals surface area contributed by atoms with Gasteiger partial charge in [0, 0.05) is 6.42 Å². The van der Waals surface area contributed by atoms with Gasteiger partial charge in [-0.25, -0.2) is 0 Å². The summed E-state index contributed by atoms with van der Waals surface area (Å²) >= 11 is 0. The first-order chi connectivity index (χ1) is 17.0. The van der Waals surface area contributed by atoms with Crippen LogP contribution in [0.4, 0.5) is 0 Å². The van der Waals surface area contributed by atoms with E-state index in [1.165, 1.54) is 74.7 Å². The molecule has 7 nitrogen and oxygen atoms in total. The van der Waals surface area contributed by atoms with E-state index < -0.39 is 14.7 Å². The number of unbranched alkanes of at least 4 members (excludes halogenated alkanes) is 9. The Hall–Kier alpha value is -1.24. The number of nitrogens with one attached hydrogen (secondary N) is 1. The summed E-state index contributed by atoms with van der Waals surface area (Å²) in [7, 11) is 2.12. The average Bonchev–Trinajstić information content (AvgIpc) is 2.85. The molecule has 2 N–H and O–H groups in total. The predicted molar refractivity (Wildman–Crippen MR) is 142 cm³/mol. The van der Waals surface area contributed by atoms with Gasteiger partial charge in [0.2, 0.25) is 0 Å². The summed E-state index contributed by atoms with van der Waals surface area (Å²) in [6, 6.07) is 8.06. The zero-order valence-electron chi connectivity index (χ0n) is 22.2. The van der Waals surface area contributed by atoms with Crippen molar-refractivity contribution in [1.29, 1.82) is 0 Å². The molecule has 202 valence electrons. The van der Waals surface area contributed by atoms with Crippen LogP contribution in [-0.2, 0) is 25.0 Å². The first-order valence-electron chi connectivity index (χ1n) is 13.4. The summed E-state index contributed by atoms with van der Waals surface area (Å²) in [5.41, 5.74) is 1.31. The molecule has 0 fully saturated rings. The third-order valence-electron chi connectivity index (χ3n) is 5.82. The van der Waals surface area contributed by atoms with Crippen molar-refractivity contribution >= 4 is 15.1 Å². The fourth-order valence-electron chi connectivity index (χ4n) is 3.72. The molecular weight excluding hydrogens is 465 g/mol. The molecule has 0 amide bonds. The number of aryl methyl sites for hydroxylation is 1. The van der Waals surface area contributed by atoms with Gasteiger partial charge in [0.25, 0.3) is 6.47 Å². The van der Waals surface area contributed by atoms with Crippen molar-refractivity contribution in [2.24, 2.45) is 0 Å². The predicted octanol–water partition coefficient (Wildman–Crippen LogP) is 4.86. The first kappa shape index (κ1) is 31.8. The highest BCUT2D eigenvalue weighted by Gasteiger charge is 2.16. The minimum absolute atomic E-state index is 0.0106. The Bertz CT molecular complexity index is 616. The van der Waals surface area contributed by atoms with Gasteiger partial charge < -0.3 is 28.3 Å². The van der Waals surface area contributed by atoms with Gasteiger partial charge in [-0.2, -0.15) is 0 Å². The zero-order chi connectivity index (χ0) is 25.6. The van der Waals surface area contributed by atoms with Crippen LogP contribution in [0.3, 0.4) is 0 Å². The third kappa shape index (κ3) is 18.7. The maximum absolute atomic E-state index is 10.8. The lowest BCUT2D eigenvalue weighted by Crippen LogP contribution is -3.05. The summed E-state index contributed by atoms with van der Waals surface area (Å²) < 4.78 is 21.4. The molecule has 0 aromatic heterocycles.